The van der Waals surface area contributed by atoms with Gasteiger partial charge in [0.25, 0.3) is 5.56 Å². The first-order valence-electron chi connectivity index (χ1n) is 7.75. The molecule has 0 unspecified atom stereocenters. The van der Waals surface area contributed by atoms with Crippen LogP contribution in [0.4, 0.5) is 0 Å². The van der Waals surface area contributed by atoms with Gasteiger partial charge in [-0.25, -0.2) is 4.79 Å². The highest BCUT2D eigenvalue weighted by Crippen LogP contribution is 2.43. The number of esters is 1. The maximum absolute atomic E-state index is 12.8. The van der Waals surface area contributed by atoms with Crippen LogP contribution in [0.5, 0.6) is 0 Å². The normalized spacial score (nSPS) is 16.2. The lowest BCUT2D eigenvalue weighted by atomic mass is 10.0. The summed E-state index contributed by atoms with van der Waals surface area (Å²) in [6.07, 6.45) is 1.90. The Bertz CT molecular complexity index is 1070. The molecular formula is C18H15BrN2O3S. The summed E-state index contributed by atoms with van der Waals surface area (Å²) in [6, 6.07) is 7.58. The van der Waals surface area contributed by atoms with Crippen molar-refractivity contribution in [2.24, 2.45) is 0 Å². The first-order chi connectivity index (χ1) is 12.0. The molecule has 0 aliphatic carbocycles. The van der Waals surface area contributed by atoms with Crippen molar-refractivity contribution in [3.05, 3.63) is 50.9 Å². The number of hydrogen-bond donors (Lipinski definition) is 1. The summed E-state index contributed by atoms with van der Waals surface area (Å²) < 4.78 is 6.92. The molecule has 5 nitrogen and oxygen atoms in total. The highest BCUT2D eigenvalue weighted by molar-refractivity contribution is 9.10. The molecule has 1 atom stereocenters. The van der Waals surface area contributed by atoms with Crippen LogP contribution < -0.4 is 5.56 Å². The fraction of sp³-hybridized carbons (Fsp3) is 0.222. The summed E-state index contributed by atoms with van der Waals surface area (Å²) >= 11 is 4.94. The third-order valence-corrected chi connectivity index (χ3v) is 6.64. The van der Waals surface area contributed by atoms with Gasteiger partial charge in [0.1, 0.15) is 6.04 Å². The fourth-order valence-corrected chi connectivity index (χ4v) is 5.02. The van der Waals surface area contributed by atoms with Crippen LogP contribution in [-0.4, -0.2) is 28.4 Å². The summed E-state index contributed by atoms with van der Waals surface area (Å²) in [5.41, 5.74) is 3.74. The minimum absolute atomic E-state index is 0.195. The number of H-pyrrole nitrogens is 1. The Morgan fingerprint density at radius 2 is 2.20 bits per heavy atom. The number of methoxy groups -OCH3 is 1. The molecule has 0 saturated heterocycles. The van der Waals surface area contributed by atoms with E-state index in [4.69, 9.17) is 4.74 Å². The third kappa shape index (κ3) is 2.45. The molecule has 0 bridgehead atoms. The highest BCUT2D eigenvalue weighted by Gasteiger charge is 2.34. The van der Waals surface area contributed by atoms with Crippen LogP contribution in [0.2, 0.25) is 0 Å². The molecule has 7 heteroatoms. The smallest absolute Gasteiger partial charge is 0.329 e. The number of nitrogens with zero attached hydrogens (tertiary/aromatic N) is 1. The molecule has 3 aromatic rings. The van der Waals surface area contributed by atoms with Gasteiger partial charge >= 0.3 is 5.97 Å². The Morgan fingerprint density at radius 3 is 2.96 bits per heavy atom. The zero-order chi connectivity index (χ0) is 17.7. The van der Waals surface area contributed by atoms with Gasteiger partial charge in [0.2, 0.25) is 0 Å². The maximum atomic E-state index is 12.8. The van der Waals surface area contributed by atoms with Crippen LogP contribution in [-0.2, 0) is 9.53 Å². The molecule has 0 fully saturated rings. The van der Waals surface area contributed by atoms with Gasteiger partial charge < -0.3 is 9.72 Å². The number of thioether (sulfide) groups is 1. The predicted molar refractivity (Wildman–Crippen MR) is 102 cm³/mol. The van der Waals surface area contributed by atoms with Gasteiger partial charge in [-0.1, -0.05) is 6.07 Å². The number of carbonyl (C=O) groups excluding carboxylic acids is 1. The van der Waals surface area contributed by atoms with E-state index in [1.165, 1.54) is 18.9 Å². The van der Waals surface area contributed by atoms with Crippen molar-refractivity contribution in [1.82, 2.24) is 9.55 Å². The SMILES string of the molecule is COC(=O)[C@@H]1CSc2c(-c3ccc4[nH]ccc4c3)c(C)c(Br)c(=O)n21. The van der Waals surface area contributed by atoms with E-state index in [1.807, 2.05) is 31.3 Å². The van der Waals surface area contributed by atoms with Crippen LogP contribution in [0.1, 0.15) is 11.6 Å². The number of ether oxygens (including phenoxy) is 1. The maximum Gasteiger partial charge on any atom is 0.329 e. The number of halogens is 1. The summed E-state index contributed by atoms with van der Waals surface area (Å²) in [5, 5.41) is 1.92. The molecule has 25 heavy (non-hydrogen) atoms. The summed E-state index contributed by atoms with van der Waals surface area (Å²) in [4.78, 5) is 28.0. The lowest BCUT2D eigenvalue weighted by Crippen LogP contribution is -2.30. The van der Waals surface area contributed by atoms with Crippen molar-refractivity contribution in [3.63, 3.8) is 0 Å². The van der Waals surface area contributed by atoms with E-state index < -0.39 is 12.0 Å². The molecule has 3 heterocycles. The standard InChI is InChI=1S/C18H15BrN2O3S/c1-9-14(11-3-4-12-10(7-11)5-6-20-12)17-21(16(22)15(9)19)13(8-25-17)18(23)24-2/h3-7,13,20H,8H2,1-2H3/t13-/m0/s1. The van der Waals surface area contributed by atoms with E-state index in [9.17, 15) is 9.59 Å². The number of pyridine rings is 1. The monoisotopic (exact) mass is 418 g/mol. The Balaban J connectivity index is 2.00. The second-order valence-corrected chi connectivity index (χ2v) is 7.73. The third-order valence-electron chi connectivity index (χ3n) is 4.55. The van der Waals surface area contributed by atoms with Crippen molar-refractivity contribution in [3.8, 4) is 11.1 Å². The van der Waals surface area contributed by atoms with Gasteiger partial charge in [0, 0.05) is 23.0 Å². The van der Waals surface area contributed by atoms with Crippen LogP contribution in [0.3, 0.4) is 0 Å². The molecule has 4 rings (SSSR count). The molecule has 0 radical (unpaired) electrons. The van der Waals surface area contributed by atoms with Crippen LogP contribution in [0.15, 0.2) is 44.8 Å². The van der Waals surface area contributed by atoms with Crippen LogP contribution in [0.25, 0.3) is 22.0 Å². The summed E-state index contributed by atoms with van der Waals surface area (Å²) in [7, 11) is 1.35. The van der Waals surface area contributed by atoms with E-state index in [-0.39, 0.29) is 5.56 Å². The molecule has 0 amide bonds. The molecule has 1 aliphatic heterocycles. The minimum atomic E-state index is -0.593. The number of fused-ring (bicyclic) bond motifs is 2. The summed E-state index contributed by atoms with van der Waals surface area (Å²) in [5.74, 6) is 0.105. The lowest BCUT2D eigenvalue weighted by Gasteiger charge is -2.17. The second kappa shape index (κ2) is 6.07. The molecule has 128 valence electrons. The van der Waals surface area contributed by atoms with E-state index in [0.29, 0.717) is 10.2 Å². The fourth-order valence-electron chi connectivity index (χ4n) is 3.26. The Labute approximate surface area is 156 Å². The molecule has 1 aliphatic rings. The number of benzene rings is 1. The van der Waals surface area contributed by atoms with E-state index >= 15 is 0 Å². The average Bonchev–Trinajstić information content (AvgIpc) is 3.25. The molecular weight excluding hydrogens is 404 g/mol. The lowest BCUT2D eigenvalue weighted by molar-refractivity contribution is -0.143. The average molecular weight is 419 g/mol. The van der Waals surface area contributed by atoms with Crippen molar-refractivity contribution < 1.29 is 9.53 Å². The topological polar surface area (TPSA) is 64.1 Å². The number of aromatic amines is 1. The quantitative estimate of drug-likeness (QED) is 0.641. The first-order valence-corrected chi connectivity index (χ1v) is 9.53. The largest absolute Gasteiger partial charge is 0.467 e. The number of hydrogen-bond acceptors (Lipinski definition) is 4. The molecule has 2 aromatic heterocycles. The second-order valence-electron chi connectivity index (χ2n) is 5.92. The summed E-state index contributed by atoms with van der Waals surface area (Å²) in [6.45, 7) is 1.93. The van der Waals surface area contributed by atoms with Crippen LogP contribution >= 0.6 is 27.7 Å². The highest BCUT2D eigenvalue weighted by atomic mass is 79.9. The van der Waals surface area contributed by atoms with Crippen molar-refractivity contribution in [1.29, 1.82) is 0 Å². The molecule has 1 aromatic carbocycles. The van der Waals surface area contributed by atoms with Crippen molar-refractivity contribution >= 4 is 44.6 Å². The van der Waals surface area contributed by atoms with E-state index in [2.05, 4.69) is 27.0 Å². The minimum Gasteiger partial charge on any atom is -0.467 e. The van der Waals surface area contributed by atoms with Gasteiger partial charge in [0.15, 0.2) is 0 Å². The molecule has 0 saturated carbocycles. The Kier molecular flexibility index (Phi) is 4.00. The molecule has 1 N–H and O–H groups in total. The van der Waals surface area contributed by atoms with Gasteiger partial charge in [-0.05, 0) is 57.6 Å². The predicted octanol–water partition coefficient (Wildman–Crippen LogP) is 3.89. The van der Waals surface area contributed by atoms with E-state index in [1.54, 1.807) is 4.57 Å². The van der Waals surface area contributed by atoms with Crippen molar-refractivity contribution in [2.45, 2.75) is 18.0 Å². The number of nitrogens with one attached hydrogen (secondary N) is 1. The zero-order valence-corrected chi connectivity index (χ0v) is 16.0. The zero-order valence-electron chi connectivity index (χ0n) is 13.6. The van der Waals surface area contributed by atoms with Gasteiger partial charge in [-0.3, -0.25) is 9.36 Å². The van der Waals surface area contributed by atoms with Gasteiger partial charge in [0.05, 0.1) is 16.6 Å². The van der Waals surface area contributed by atoms with E-state index in [0.717, 1.165) is 32.6 Å². The first kappa shape index (κ1) is 16.5. The van der Waals surface area contributed by atoms with Gasteiger partial charge in [-0.15, -0.1) is 11.8 Å². The van der Waals surface area contributed by atoms with Crippen molar-refractivity contribution in [2.75, 3.05) is 12.9 Å². The van der Waals surface area contributed by atoms with Gasteiger partial charge in [-0.2, -0.15) is 0 Å². The number of rotatable bonds is 2. The number of carbonyl (C=O) groups is 1. The van der Waals surface area contributed by atoms with Crippen LogP contribution in [0, 0.1) is 6.92 Å². The number of aromatic nitrogens is 2. The Morgan fingerprint density at radius 1 is 1.40 bits per heavy atom. The molecule has 0 spiro atoms. The Hall–Kier alpha value is -1.99.